The molecule has 1 aliphatic rings. The van der Waals surface area contributed by atoms with Crippen molar-refractivity contribution >= 4 is 27.8 Å². The second-order valence-electron chi connectivity index (χ2n) is 9.75. The van der Waals surface area contributed by atoms with Crippen LogP contribution in [0.15, 0.2) is 53.0 Å². The van der Waals surface area contributed by atoms with Crippen molar-refractivity contribution in [3.8, 4) is 5.75 Å². The lowest BCUT2D eigenvalue weighted by Gasteiger charge is -2.38. The van der Waals surface area contributed by atoms with E-state index in [2.05, 4.69) is 26.6 Å². The maximum absolute atomic E-state index is 13.3. The second kappa shape index (κ2) is 14.0. The highest BCUT2D eigenvalue weighted by Crippen LogP contribution is 2.30. The third kappa shape index (κ3) is 7.46. The number of sulfonamides is 1. The molecular formula is C28H34N6O7S. The Balaban J connectivity index is 1.75. The molecule has 1 saturated heterocycles. The van der Waals surface area contributed by atoms with Gasteiger partial charge in [0.2, 0.25) is 21.8 Å². The third-order valence-electron chi connectivity index (χ3n) is 6.94. The topological polar surface area (TPSA) is 180 Å². The molecule has 0 bridgehead atoms. The number of benzene rings is 2. The van der Waals surface area contributed by atoms with Crippen molar-refractivity contribution in [3.63, 3.8) is 0 Å². The summed E-state index contributed by atoms with van der Waals surface area (Å²) in [6, 6.07) is 6.30. The van der Waals surface area contributed by atoms with Crippen LogP contribution in [0, 0.1) is 20.8 Å². The van der Waals surface area contributed by atoms with E-state index in [4.69, 9.17) is 15.0 Å². The minimum atomic E-state index is -3.84. The van der Waals surface area contributed by atoms with Gasteiger partial charge in [0.15, 0.2) is 0 Å². The summed E-state index contributed by atoms with van der Waals surface area (Å²) in [7, 11) is -2.30. The van der Waals surface area contributed by atoms with Crippen LogP contribution < -0.4 is 14.8 Å². The molecule has 1 aliphatic heterocycles. The number of piperazine rings is 1. The highest BCUT2D eigenvalue weighted by atomic mass is 32.2. The van der Waals surface area contributed by atoms with Gasteiger partial charge in [-0.05, 0) is 60.2 Å². The Kier molecular flexibility index (Phi) is 10.7. The van der Waals surface area contributed by atoms with E-state index in [1.807, 2.05) is 0 Å². The maximum atomic E-state index is 13.3. The van der Waals surface area contributed by atoms with Crippen LogP contribution >= 0.6 is 0 Å². The molecule has 0 saturated carbocycles. The molecule has 0 spiro atoms. The lowest BCUT2D eigenvalue weighted by atomic mass is 10.0. The third-order valence-corrected chi connectivity index (χ3v) is 8.63. The van der Waals surface area contributed by atoms with E-state index in [9.17, 15) is 22.8 Å². The second-order valence-corrected chi connectivity index (χ2v) is 11.5. The van der Waals surface area contributed by atoms with Crippen LogP contribution in [0.3, 0.4) is 0 Å². The van der Waals surface area contributed by atoms with Crippen LogP contribution in [0.5, 0.6) is 5.75 Å². The van der Waals surface area contributed by atoms with Gasteiger partial charge in [-0.2, -0.15) is 0 Å². The number of esters is 1. The fourth-order valence-electron chi connectivity index (χ4n) is 4.68. The van der Waals surface area contributed by atoms with Crippen molar-refractivity contribution in [3.05, 3.63) is 81.2 Å². The highest BCUT2D eigenvalue weighted by molar-refractivity contribution is 7.89. The van der Waals surface area contributed by atoms with Crippen molar-refractivity contribution < 1.29 is 32.3 Å². The van der Waals surface area contributed by atoms with Crippen molar-refractivity contribution in [2.75, 3.05) is 20.3 Å². The first kappa shape index (κ1) is 32.1. The molecule has 3 rings (SSSR count). The van der Waals surface area contributed by atoms with Gasteiger partial charge < -0.3 is 19.7 Å². The van der Waals surface area contributed by atoms with Gasteiger partial charge in [0.1, 0.15) is 24.4 Å². The Morgan fingerprint density at radius 1 is 1.19 bits per heavy atom. The molecule has 2 aromatic carbocycles. The van der Waals surface area contributed by atoms with E-state index in [1.165, 1.54) is 18.1 Å². The number of carbonyl (C=O) groups excluding carboxylic acids is 3. The Hall–Kier alpha value is -4.39. The first-order valence-corrected chi connectivity index (χ1v) is 14.5. The molecule has 0 unspecified atom stereocenters. The molecular weight excluding hydrogens is 564 g/mol. The summed E-state index contributed by atoms with van der Waals surface area (Å²) in [4.78, 5) is 42.3. The summed E-state index contributed by atoms with van der Waals surface area (Å²) in [5, 5.41) is 5.97. The summed E-state index contributed by atoms with van der Waals surface area (Å²) in [6.07, 6.45) is 1.02. The Morgan fingerprint density at radius 3 is 2.48 bits per heavy atom. The number of azide groups is 1. The van der Waals surface area contributed by atoms with Gasteiger partial charge in [0.25, 0.3) is 0 Å². The lowest BCUT2D eigenvalue weighted by molar-refractivity contribution is -0.154. The number of methoxy groups -OCH3 is 1. The number of hydrogen-bond acceptors (Lipinski definition) is 8. The van der Waals surface area contributed by atoms with Gasteiger partial charge in [0.05, 0.1) is 25.0 Å². The van der Waals surface area contributed by atoms with Crippen LogP contribution in [0.1, 0.15) is 34.2 Å². The molecule has 2 N–H and O–H groups in total. The van der Waals surface area contributed by atoms with Gasteiger partial charge in [-0.1, -0.05) is 42.0 Å². The van der Waals surface area contributed by atoms with Gasteiger partial charge in [-0.25, -0.2) is 13.1 Å². The molecule has 13 nitrogen and oxygen atoms in total. The average molecular weight is 599 g/mol. The van der Waals surface area contributed by atoms with Crippen molar-refractivity contribution in [1.29, 1.82) is 0 Å². The van der Waals surface area contributed by atoms with Crippen molar-refractivity contribution in [2.45, 2.75) is 57.3 Å². The van der Waals surface area contributed by atoms with E-state index >= 15 is 0 Å². The van der Waals surface area contributed by atoms with Crippen LogP contribution in [0.4, 0.5) is 0 Å². The lowest BCUT2D eigenvalue weighted by Crippen LogP contribution is -2.64. The van der Waals surface area contributed by atoms with Crippen molar-refractivity contribution in [2.24, 2.45) is 5.11 Å². The summed E-state index contributed by atoms with van der Waals surface area (Å²) in [5.74, 6) is -1.15. The summed E-state index contributed by atoms with van der Waals surface area (Å²) >= 11 is 0. The summed E-state index contributed by atoms with van der Waals surface area (Å²) in [6.45, 7) is 8.41. The average Bonchev–Trinajstić information content (AvgIpc) is 2.95. The predicted molar refractivity (Wildman–Crippen MR) is 154 cm³/mol. The number of amides is 2. The first-order valence-electron chi connectivity index (χ1n) is 13.0. The quantitative estimate of drug-likeness (QED) is 0.117. The number of carbonyl (C=O) groups is 3. The van der Waals surface area contributed by atoms with Gasteiger partial charge >= 0.3 is 5.97 Å². The fraction of sp³-hybridized carbons (Fsp3) is 0.393. The number of hydrogen-bond donors (Lipinski definition) is 2. The van der Waals surface area contributed by atoms with E-state index < -0.39 is 39.9 Å². The van der Waals surface area contributed by atoms with E-state index in [0.717, 1.165) is 5.56 Å². The number of aryl methyl sites for hydroxylation is 1. The molecule has 2 aromatic rings. The minimum absolute atomic E-state index is 0.00834. The zero-order valence-corrected chi connectivity index (χ0v) is 24.7. The zero-order chi connectivity index (χ0) is 31.0. The minimum Gasteiger partial charge on any atom is -0.496 e. The van der Waals surface area contributed by atoms with Crippen LogP contribution in [-0.4, -0.2) is 63.4 Å². The molecule has 42 heavy (non-hydrogen) atoms. The van der Waals surface area contributed by atoms with Crippen molar-refractivity contribution in [1.82, 2.24) is 14.9 Å². The van der Waals surface area contributed by atoms with Crippen LogP contribution in [0.2, 0.25) is 0 Å². The molecule has 2 atom stereocenters. The monoisotopic (exact) mass is 598 g/mol. The largest absolute Gasteiger partial charge is 0.496 e. The fourth-order valence-corrected chi connectivity index (χ4v) is 6.22. The molecule has 0 radical (unpaired) electrons. The van der Waals surface area contributed by atoms with E-state index in [0.29, 0.717) is 28.0 Å². The predicted octanol–water partition coefficient (Wildman–Crippen LogP) is 2.72. The highest BCUT2D eigenvalue weighted by Gasteiger charge is 2.41. The maximum Gasteiger partial charge on any atom is 0.308 e. The van der Waals surface area contributed by atoms with E-state index in [-0.39, 0.29) is 37.6 Å². The number of rotatable bonds is 13. The SMILES string of the molecule is C=CCOC(=O)C[C@H]1NC(=O)[C@H](CN=[N+]=[N-])N(Cc2ccc(CNS(=O)(=O)c3c(C)cc(OC)c(C)c3C)cc2)C1=O. The molecule has 0 aromatic heterocycles. The smallest absolute Gasteiger partial charge is 0.308 e. The van der Waals surface area contributed by atoms with E-state index in [1.54, 1.807) is 51.1 Å². The van der Waals surface area contributed by atoms with Crippen LogP contribution in [-0.2, 0) is 42.2 Å². The standard InChI is InChI=1S/C28H34N6O7S/c1-6-11-41-25(35)13-22-28(37)34(23(15-30-33-29)27(36)32-22)16-21-9-7-20(8-10-21)14-31-42(38,39)26-17(2)12-24(40-5)18(3)19(26)4/h6-10,12,22-23,31H,1,11,13-16H2,2-5H3,(H,32,36)/t22-,23+/m1/s1. The molecule has 0 aliphatic carbocycles. The summed E-state index contributed by atoms with van der Waals surface area (Å²) in [5.41, 5.74) is 12.0. The Bertz CT molecular complexity index is 1520. The molecule has 2 amide bonds. The van der Waals surface area contributed by atoms with Crippen LogP contribution in [0.25, 0.3) is 10.4 Å². The molecule has 1 fully saturated rings. The Morgan fingerprint density at radius 2 is 1.86 bits per heavy atom. The molecule has 224 valence electrons. The first-order chi connectivity index (χ1) is 19.9. The van der Waals surface area contributed by atoms with Gasteiger partial charge in [0, 0.05) is 18.0 Å². The van der Waals surface area contributed by atoms with Gasteiger partial charge in [-0.3, -0.25) is 14.4 Å². The van der Waals surface area contributed by atoms with Gasteiger partial charge in [-0.15, -0.1) is 0 Å². The zero-order valence-electron chi connectivity index (χ0n) is 23.9. The molecule has 14 heteroatoms. The number of nitrogens with one attached hydrogen (secondary N) is 2. The summed E-state index contributed by atoms with van der Waals surface area (Å²) < 4.78 is 39.3. The Labute approximate surface area is 244 Å². The normalized spacial score (nSPS) is 16.8. The number of nitrogens with zero attached hydrogens (tertiary/aromatic N) is 4. The molecule has 1 heterocycles. The number of ether oxygens (including phenoxy) is 2.